The molecule has 2 heterocycles. The minimum atomic E-state index is -3.66. The predicted octanol–water partition coefficient (Wildman–Crippen LogP) is 2.17. The average molecular weight is 436 g/mol. The van der Waals surface area contributed by atoms with E-state index in [4.69, 9.17) is 0 Å². The number of carbonyl (C=O) groups is 2. The second-order valence-electron chi connectivity index (χ2n) is 7.24. The Balaban J connectivity index is 1.56. The summed E-state index contributed by atoms with van der Waals surface area (Å²) in [5, 5.41) is 4.50. The van der Waals surface area contributed by atoms with E-state index in [1.54, 1.807) is 19.5 Å². The second kappa shape index (κ2) is 9.06. The van der Waals surface area contributed by atoms with E-state index < -0.39 is 10.0 Å². The Kier molecular flexibility index (Phi) is 6.71. The van der Waals surface area contributed by atoms with Gasteiger partial charge < -0.3 is 10.2 Å². The molecule has 3 rings (SSSR count). The standard InChI is InChI=1S/C20H25N3O4S2/c1-22(2)20(25)17-12-18(28-14-17)29(26,27)23-10-8-16(9-11-23)19(24)21-13-15-6-4-3-5-7-15/h3-7,12,14,16H,8-11,13H2,1-2H3,(H,21,24). The molecule has 0 bridgehead atoms. The van der Waals surface area contributed by atoms with Gasteiger partial charge in [0.2, 0.25) is 5.91 Å². The highest BCUT2D eigenvalue weighted by Gasteiger charge is 2.33. The number of amides is 2. The molecule has 7 nitrogen and oxygen atoms in total. The molecule has 1 fully saturated rings. The Bertz CT molecular complexity index is 963. The zero-order chi connectivity index (χ0) is 21.0. The number of nitrogens with zero attached hydrogens (tertiary/aromatic N) is 2. The van der Waals surface area contributed by atoms with Crippen LogP contribution in [0.25, 0.3) is 0 Å². The van der Waals surface area contributed by atoms with Crippen LogP contribution in [-0.4, -0.2) is 56.6 Å². The van der Waals surface area contributed by atoms with E-state index in [9.17, 15) is 18.0 Å². The Morgan fingerprint density at radius 2 is 1.83 bits per heavy atom. The number of nitrogens with one attached hydrogen (secondary N) is 1. The summed E-state index contributed by atoms with van der Waals surface area (Å²) < 4.78 is 27.4. The number of piperidine rings is 1. The summed E-state index contributed by atoms with van der Waals surface area (Å²) in [6.07, 6.45) is 0.962. The molecular weight excluding hydrogens is 410 g/mol. The fourth-order valence-electron chi connectivity index (χ4n) is 3.24. The van der Waals surface area contributed by atoms with E-state index in [0.717, 1.165) is 16.9 Å². The van der Waals surface area contributed by atoms with Gasteiger partial charge in [0, 0.05) is 45.0 Å². The monoisotopic (exact) mass is 435 g/mol. The molecule has 0 unspecified atom stereocenters. The molecule has 2 amide bonds. The van der Waals surface area contributed by atoms with Gasteiger partial charge in [0.1, 0.15) is 4.21 Å². The van der Waals surface area contributed by atoms with Crippen LogP contribution in [0.4, 0.5) is 0 Å². The van der Waals surface area contributed by atoms with Crippen molar-refractivity contribution in [1.29, 1.82) is 0 Å². The van der Waals surface area contributed by atoms with Crippen molar-refractivity contribution in [3.63, 3.8) is 0 Å². The highest BCUT2D eigenvalue weighted by molar-refractivity contribution is 7.91. The molecule has 1 saturated heterocycles. The van der Waals surface area contributed by atoms with Crippen molar-refractivity contribution in [2.45, 2.75) is 23.6 Å². The van der Waals surface area contributed by atoms with Gasteiger partial charge >= 0.3 is 0 Å². The maximum absolute atomic E-state index is 12.9. The Morgan fingerprint density at radius 1 is 1.17 bits per heavy atom. The van der Waals surface area contributed by atoms with Gasteiger partial charge in [-0.2, -0.15) is 4.31 Å². The third-order valence-corrected chi connectivity index (χ3v) is 8.27. The first-order valence-electron chi connectivity index (χ1n) is 9.41. The maximum atomic E-state index is 12.9. The summed E-state index contributed by atoms with van der Waals surface area (Å²) in [4.78, 5) is 25.9. The highest BCUT2D eigenvalue weighted by Crippen LogP contribution is 2.28. The first-order valence-corrected chi connectivity index (χ1v) is 11.7. The lowest BCUT2D eigenvalue weighted by Crippen LogP contribution is -2.42. The minimum absolute atomic E-state index is 0.0408. The van der Waals surface area contributed by atoms with Crippen LogP contribution in [0.3, 0.4) is 0 Å². The third-order valence-electron chi connectivity index (χ3n) is 4.96. The quantitative estimate of drug-likeness (QED) is 0.753. The van der Waals surface area contributed by atoms with Crippen LogP contribution in [0, 0.1) is 5.92 Å². The maximum Gasteiger partial charge on any atom is 0.254 e. The Morgan fingerprint density at radius 3 is 2.45 bits per heavy atom. The lowest BCUT2D eigenvalue weighted by molar-refractivity contribution is -0.126. The highest BCUT2D eigenvalue weighted by atomic mass is 32.2. The number of thiophene rings is 1. The molecule has 29 heavy (non-hydrogen) atoms. The first kappa shape index (κ1) is 21.5. The summed E-state index contributed by atoms with van der Waals surface area (Å²) in [5.74, 6) is -0.461. The van der Waals surface area contributed by atoms with Crippen LogP contribution in [0.15, 0.2) is 46.0 Å². The summed E-state index contributed by atoms with van der Waals surface area (Å²) in [7, 11) is -0.402. The fraction of sp³-hybridized carbons (Fsp3) is 0.400. The van der Waals surface area contributed by atoms with Gasteiger partial charge in [-0.3, -0.25) is 9.59 Å². The topological polar surface area (TPSA) is 86.8 Å². The zero-order valence-electron chi connectivity index (χ0n) is 16.5. The summed E-state index contributed by atoms with van der Waals surface area (Å²) in [6, 6.07) is 11.1. The molecule has 156 valence electrons. The molecule has 2 aromatic rings. The molecule has 0 saturated carbocycles. The fourth-order valence-corrected chi connectivity index (χ4v) is 6.01. The van der Waals surface area contributed by atoms with Crippen molar-refractivity contribution >= 4 is 33.2 Å². The average Bonchev–Trinajstić information content (AvgIpc) is 3.23. The SMILES string of the molecule is CN(C)C(=O)c1csc(S(=O)(=O)N2CCC(C(=O)NCc3ccccc3)CC2)c1. The summed E-state index contributed by atoms with van der Waals surface area (Å²) >= 11 is 1.05. The minimum Gasteiger partial charge on any atom is -0.352 e. The molecule has 0 aliphatic carbocycles. The van der Waals surface area contributed by atoms with E-state index in [1.165, 1.54) is 15.3 Å². The van der Waals surface area contributed by atoms with Crippen molar-refractivity contribution in [2.75, 3.05) is 27.2 Å². The van der Waals surface area contributed by atoms with E-state index >= 15 is 0 Å². The van der Waals surface area contributed by atoms with E-state index in [0.29, 0.717) is 38.0 Å². The molecule has 0 atom stereocenters. The molecule has 0 radical (unpaired) electrons. The molecule has 1 aliphatic heterocycles. The van der Waals surface area contributed by atoms with Gasteiger partial charge in [0.05, 0.1) is 5.56 Å². The molecule has 1 aromatic carbocycles. The summed E-state index contributed by atoms with van der Waals surface area (Å²) in [6.45, 7) is 1.05. The zero-order valence-corrected chi connectivity index (χ0v) is 18.1. The van der Waals surface area contributed by atoms with Gasteiger partial charge in [0.15, 0.2) is 0 Å². The molecule has 1 N–H and O–H groups in total. The van der Waals surface area contributed by atoms with Gasteiger partial charge in [-0.1, -0.05) is 30.3 Å². The predicted molar refractivity (Wildman–Crippen MR) is 112 cm³/mol. The number of benzene rings is 1. The first-order chi connectivity index (χ1) is 13.8. The van der Waals surface area contributed by atoms with Crippen LogP contribution in [0.2, 0.25) is 0 Å². The molecule has 0 spiro atoms. The van der Waals surface area contributed by atoms with Gasteiger partial charge in [-0.15, -0.1) is 11.3 Å². The van der Waals surface area contributed by atoms with Crippen LogP contribution in [-0.2, 0) is 21.4 Å². The molecular formula is C20H25N3O4S2. The van der Waals surface area contributed by atoms with Crippen LogP contribution in [0.5, 0.6) is 0 Å². The number of rotatable bonds is 6. The smallest absolute Gasteiger partial charge is 0.254 e. The van der Waals surface area contributed by atoms with Crippen LogP contribution >= 0.6 is 11.3 Å². The normalized spacial score (nSPS) is 15.8. The second-order valence-corrected chi connectivity index (χ2v) is 10.3. The Labute approximate surface area is 175 Å². The molecule has 1 aromatic heterocycles. The van der Waals surface area contributed by atoms with E-state index in [-0.39, 0.29) is 21.9 Å². The van der Waals surface area contributed by atoms with Crippen molar-refractivity contribution in [3.05, 3.63) is 52.9 Å². The van der Waals surface area contributed by atoms with E-state index in [2.05, 4.69) is 5.32 Å². The van der Waals surface area contributed by atoms with Crippen molar-refractivity contribution in [3.8, 4) is 0 Å². The summed E-state index contributed by atoms with van der Waals surface area (Å²) in [5.41, 5.74) is 1.40. The van der Waals surface area contributed by atoms with Gasteiger partial charge in [-0.25, -0.2) is 8.42 Å². The molecule has 9 heteroatoms. The van der Waals surface area contributed by atoms with E-state index in [1.807, 2.05) is 30.3 Å². The van der Waals surface area contributed by atoms with Crippen molar-refractivity contribution in [1.82, 2.24) is 14.5 Å². The van der Waals surface area contributed by atoms with Crippen LogP contribution < -0.4 is 5.32 Å². The van der Waals surface area contributed by atoms with Crippen molar-refractivity contribution < 1.29 is 18.0 Å². The Hall–Kier alpha value is -2.23. The number of hydrogen-bond donors (Lipinski definition) is 1. The lowest BCUT2D eigenvalue weighted by atomic mass is 9.97. The lowest BCUT2D eigenvalue weighted by Gasteiger charge is -2.30. The van der Waals surface area contributed by atoms with Crippen LogP contribution in [0.1, 0.15) is 28.8 Å². The van der Waals surface area contributed by atoms with Crippen molar-refractivity contribution in [2.24, 2.45) is 5.92 Å². The molecule has 1 aliphatic rings. The van der Waals surface area contributed by atoms with Gasteiger partial charge in [-0.05, 0) is 24.5 Å². The van der Waals surface area contributed by atoms with Gasteiger partial charge in [0.25, 0.3) is 15.9 Å². The number of hydrogen-bond acceptors (Lipinski definition) is 5. The number of carbonyl (C=O) groups excluding carboxylic acids is 2. The largest absolute Gasteiger partial charge is 0.352 e. The number of sulfonamides is 1. The third kappa shape index (κ3) is 5.04.